The van der Waals surface area contributed by atoms with Gasteiger partial charge >= 0.3 is 6.03 Å². The zero-order valence-corrected chi connectivity index (χ0v) is 19.9. The van der Waals surface area contributed by atoms with E-state index in [0.29, 0.717) is 30.8 Å². The van der Waals surface area contributed by atoms with Crippen molar-refractivity contribution in [3.05, 3.63) is 70.6 Å². The largest absolute Gasteiger partial charge is 0.439 e. The standard InChI is InChI=1S/C27H30N4O3/c1-17-16-31(27(32)29-26-18(2)19(3)30-34-26)12-11-22(17)13-20-5-4-6-24(14-20)33-25-10-9-23(15-28-25)21-7-8-21/h4-6,9-10,13-15,17,21H,7-8,11-12,16H2,1-3H3,(H,29,32). The summed E-state index contributed by atoms with van der Waals surface area (Å²) in [6.07, 6.45) is 7.48. The zero-order chi connectivity index (χ0) is 23.7. The molecule has 1 atom stereocenters. The molecule has 1 saturated heterocycles. The minimum Gasteiger partial charge on any atom is -0.439 e. The van der Waals surface area contributed by atoms with Crippen molar-refractivity contribution < 1.29 is 14.1 Å². The second-order valence-electron chi connectivity index (χ2n) is 9.35. The van der Waals surface area contributed by atoms with Gasteiger partial charge in [-0.1, -0.05) is 41.9 Å². The van der Waals surface area contributed by atoms with E-state index in [9.17, 15) is 4.79 Å². The van der Waals surface area contributed by atoms with E-state index in [1.165, 1.54) is 24.0 Å². The van der Waals surface area contributed by atoms with E-state index in [0.717, 1.165) is 29.0 Å². The van der Waals surface area contributed by atoms with Gasteiger partial charge in [0, 0.05) is 30.9 Å². The molecule has 0 spiro atoms. The summed E-state index contributed by atoms with van der Waals surface area (Å²) in [6.45, 7) is 7.20. The van der Waals surface area contributed by atoms with Gasteiger partial charge in [-0.05, 0) is 68.2 Å². The normalized spacial score (nSPS) is 19.3. The smallest absolute Gasteiger partial charge is 0.324 e. The van der Waals surface area contributed by atoms with Crippen molar-refractivity contribution in [2.75, 3.05) is 18.4 Å². The minimum absolute atomic E-state index is 0.152. The topological polar surface area (TPSA) is 80.5 Å². The third kappa shape index (κ3) is 4.98. The Balaban J connectivity index is 1.21. The first-order valence-electron chi connectivity index (χ1n) is 11.9. The van der Waals surface area contributed by atoms with Gasteiger partial charge < -0.3 is 14.2 Å². The van der Waals surface area contributed by atoms with Crippen LogP contribution in [0.1, 0.15) is 54.5 Å². The number of anilines is 1. The second-order valence-corrected chi connectivity index (χ2v) is 9.35. The van der Waals surface area contributed by atoms with E-state index in [4.69, 9.17) is 9.26 Å². The molecular formula is C27H30N4O3. The van der Waals surface area contributed by atoms with Gasteiger partial charge in [0.2, 0.25) is 11.8 Å². The van der Waals surface area contributed by atoms with E-state index in [1.807, 2.05) is 49.2 Å². The molecule has 1 saturated carbocycles. The number of rotatable bonds is 5. The van der Waals surface area contributed by atoms with E-state index in [-0.39, 0.29) is 11.9 Å². The molecule has 1 aliphatic carbocycles. The molecule has 1 aromatic carbocycles. The number of pyridine rings is 1. The monoisotopic (exact) mass is 458 g/mol. The highest BCUT2D eigenvalue weighted by molar-refractivity contribution is 5.88. The number of nitrogens with zero attached hydrogens (tertiary/aromatic N) is 3. The van der Waals surface area contributed by atoms with Crippen LogP contribution < -0.4 is 10.1 Å². The van der Waals surface area contributed by atoms with Crippen LogP contribution in [0.25, 0.3) is 6.08 Å². The quantitative estimate of drug-likeness (QED) is 0.484. The molecule has 3 aromatic rings. The predicted octanol–water partition coefficient (Wildman–Crippen LogP) is 6.31. The molecule has 1 aliphatic heterocycles. The maximum absolute atomic E-state index is 12.7. The lowest BCUT2D eigenvalue weighted by Crippen LogP contribution is -2.42. The first-order valence-corrected chi connectivity index (χ1v) is 11.9. The molecule has 2 amide bonds. The van der Waals surface area contributed by atoms with Gasteiger partial charge in [0.25, 0.3) is 0 Å². The highest BCUT2D eigenvalue weighted by atomic mass is 16.5. The van der Waals surface area contributed by atoms with Gasteiger partial charge in [-0.25, -0.2) is 9.78 Å². The number of likely N-dealkylation sites (tertiary alicyclic amines) is 1. The lowest BCUT2D eigenvalue weighted by molar-refractivity contribution is 0.197. The number of benzene rings is 1. The van der Waals surface area contributed by atoms with Crippen LogP contribution in [0.3, 0.4) is 0 Å². The number of hydrogen-bond donors (Lipinski definition) is 1. The molecule has 176 valence electrons. The summed E-state index contributed by atoms with van der Waals surface area (Å²) in [7, 11) is 0. The summed E-state index contributed by atoms with van der Waals surface area (Å²) in [5.41, 5.74) is 5.34. The van der Waals surface area contributed by atoms with Crippen LogP contribution >= 0.6 is 0 Å². The number of aromatic nitrogens is 2. The Labute approximate surface area is 199 Å². The number of carbonyl (C=O) groups is 1. The number of piperidine rings is 1. The van der Waals surface area contributed by atoms with Gasteiger partial charge in [-0.2, -0.15) is 0 Å². The van der Waals surface area contributed by atoms with E-state index in [2.05, 4.69) is 40.6 Å². The molecule has 1 unspecified atom stereocenters. The van der Waals surface area contributed by atoms with Crippen molar-refractivity contribution in [1.29, 1.82) is 0 Å². The van der Waals surface area contributed by atoms with E-state index >= 15 is 0 Å². The minimum atomic E-state index is -0.152. The lowest BCUT2D eigenvalue weighted by atomic mass is 9.91. The average Bonchev–Trinajstić information content (AvgIpc) is 3.64. The van der Waals surface area contributed by atoms with Crippen molar-refractivity contribution in [2.24, 2.45) is 5.92 Å². The van der Waals surface area contributed by atoms with Gasteiger partial charge in [0.05, 0.1) is 5.69 Å². The fourth-order valence-corrected chi connectivity index (χ4v) is 4.27. The highest BCUT2D eigenvalue weighted by Gasteiger charge is 2.26. The number of hydrogen-bond acceptors (Lipinski definition) is 5. The van der Waals surface area contributed by atoms with Crippen LogP contribution in [0.15, 0.2) is 52.7 Å². The third-order valence-corrected chi connectivity index (χ3v) is 6.70. The maximum Gasteiger partial charge on any atom is 0.324 e. The Kier molecular flexibility index (Phi) is 6.09. The molecule has 0 radical (unpaired) electrons. The van der Waals surface area contributed by atoms with E-state index in [1.54, 1.807) is 0 Å². The Hall–Kier alpha value is -3.61. The molecular weight excluding hydrogens is 428 g/mol. The molecule has 3 heterocycles. The molecule has 0 bridgehead atoms. The van der Waals surface area contributed by atoms with E-state index < -0.39 is 0 Å². The fraction of sp³-hybridized carbons (Fsp3) is 0.370. The first kappa shape index (κ1) is 22.2. The van der Waals surface area contributed by atoms with Crippen LogP contribution in [0.4, 0.5) is 10.7 Å². The van der Waals surface area contributed by atoms with Crippen LogP contribution in [0.2, 0.25) is 0 Å². The van der Waals surface area contributed by atoms with Gasteiger partial charge in [0.1, 0.15) is 5.75 Å². The number of nitrogens with one attached hydrogen (secondary N) is 1. The van der Waals surface area contributed by atoms with Crippen LogP contribution in [-0.4, -0.2) is 34.2 Å². The molecule has 2 aliphatic rings. The van der Waals surface area contributed by atoms with Crippen molar-refractivity contribution in [3.8, 4) is 11.6 Å². The van der Waals surface area contributed by atoms with Crippen molar-refractivity contribution in [3.63, 3.8) is 0 Å². The maximum atomic E-state index is 12.7. The Morgan fingerprint density at radius 3 is 2.76 bits per heavy atom. The summed E-state index contributed by atoms with van der Waals surface area (Å²) < 4.78 is 11.2. The molecule has 5 rings (SSSR count). The predicted molar refractivity (Wildman–Crippen MR) is 131 cm³/mol. The summed E-state index contributed by atoms with van der Waals surface area (Å²) in [5.74, 6) is 2.73. The molecule has 1 N–H and O–H groups in total. The molecule has 7 heteroatoms. The number of urea groups is 1. The summed E-state index contributed by atoms with van der Waals surface area (Å²) in [5, 5.41) is 6.75. The molecule has 2 aromatic heterocycles. The Bertz CT molecular complexity index is 1210. The third-order valence-electron chi connectivity index (χ3n) is 6.70. The highest BCUT2D eigenvalue weighted by Crippen LogP contribution is 2.40. The summed E-state index contributed by atoms with van der Waals surface area (Å²) >= 11 is 0. The number of carbonyl (C=O) groups excluding carboxylic acids is 1. The van der Waals surface area contributed by atoms with Crippen molar-refractivity contribution in [2.45, 2.75) is 46.0 Å². The van der Waals surface area contributed by atoms with Crippen LogP contribution in [0, 0.1) is 19.8 Å². The molecule has 2 fully saturated rings. The van der Waals surface area contributed by atoms with Crippen molar-refractivity contribution in [1.82, 2.24) is 15.0 Å². The zero-order valence-electron chi connectivity index (χ0n) is 19.9. The van der Waals surface area contributed by atoms with Gasteiger partial charge in [-0.3, -0.25) is 5.32 Å². The summed E-state index contributed by atoms with van der Waals surface area (Å²) in [4.78, 5) is 19.0. The van der Waals surface area contributed by atoms with Gasteiger partial charge in [-0.15, -0.1) is 0 Å². The molecule has 7 nitrogen and oxygen atoms in total. The first-order chi connectivity index (χ1) is 16.5. The average molecular weight is 459 g/mol. The Morgan fingerprint density at radius 1 is 1.24 bits per heavy atom. The summed E-state index contributed by atoms with van der Waals surface area (Å²) in [6, 6.07) is 12.0. The Morgan fingerprint density at radius 2 is 2.09 bits per heavy atom. The second kappa shape index (κ2) is 9.33. The molecule has 34 heavy (non-hydrogen) atoms. The van der Waals surface area contributed by atoms with Crippen LogP contribution in [0.5, 0.6) is 11.6 Å². The fourth-order valence-electron chi connectivity index (χ4n) is 4.27. The van der Waals surface area contributed by atoms with Gasteiger partial charge in [0.15, 0.2) is 0 Å². The number of ether oxygens (including phenoxy) is 1. The number of amides is 2. The van der Waals surface area contributed by atoms with Crippen molar-refractivity contribution >= 4 is 18.0 Å². The lowest BCUT2D eigenvalue weighted by Gasteiger charge is -2.33. The van der Waals surface area contributed by atoms with Crippen LogP contribution in [-0.2, 0) is 0 Å². The SMILES string of the molecule is Cc1noc(NC(=O)N2CCC(=Cc3cccc(Oc4ccc(C5CC5)cn4)c3)C(C)C2)c1C. The number of aryl methyl sites for hydroxylation is 1.